The summed E-state index contributed by atoms with van der Waals surface area (Å²) in [5.41, 5.74) is 1.94. The number of piperidine rings is 2. The first-order valence-electron chi connectivity index (χ1n) is 12.4. The number of amides is 1. The number of ether oxygens (including phenoxy) is 1. The van der Waals surface area contributed by atoms with E-state index in [1.807, 2.05) is 47.5 Å². The average molecular weight is 450 g/mol. The topological polar surface area (TPSA) is 61.8 Å². The first-order valence-corrected chi connectivity index (χ1v) is 12.4. The lowest BCUT2D eigenvalue weighted by molar-refractivity contribution is -0.117. The van der Waals surface area contributed by atoms with E-state index in [2.05, 4.69) is 14.8 Å². The highest BCUT2D eigenvalue weighted by Crippen LogP contribution is 2.39. The van der Waals surface area contributed by atoms with Gasteiger partial charge in [-0.05, 0) is 56.7 Å². The molecule has 0 unspecified atom stereocenters. The third kappa shape index (κ3) is 5.04. The second-order valence-electron chi connectivity index (χ2n) is 9.75. The van der Waals surface area contributed by atoms with Crippen LogP contribution < -0.4 is 9.80 Å². The van der Waals surface area contributed by atoms with Crippen molar-refractivity contribution < 1.29 is 9.53 Å². The lowest BCUT2D eigenvalue weighted by atomic mass is 9.87. The molecule has 1 aromatic heterocycles. The summed E-state index contributed by atoms with van der Waals surface area (Å²) in [6.45, 7) is 7.22. The molecular formula is C26H35N5O2. The standard InChI is InChI=1S/C26H35N5O2/c1-21(32)31(23-8-4-2-5-9-23)24-18-26(33-20-24)11-16-29(17-12-26)19-22-10-13-27-25(28-22)30-14-6-3-7-15-30/h2,4-5,8-10,13,24H,3,6-7,11-12,14-20H2,1H3/t24-/m1/s1. The summed E-state index contributed by atoms with van der Waals surface area (Å²) >= 11 is 0. The van der Waals surface area contributed by atoms with Crippen LogP contribution in [0.3, 0.4) is 0 Å². The number of likely N-dealkylation sites (tertiary alicyclic amines) is 1. The molecule has 3 fully saturated rings. The average Bonchev–Trinajstić information content (AvgIpc) is 3.25. The van der Waals surface area contributed by atoms with Gasteiger partial charge in [-0.15, -0.1) is 0 Å². The normalized spacial score (nSPS) is 23.1. The van der Waals surface area contributed by atoms with E-state index in [0.717, 1.165) is 69.3 Å². The Hall–Kier alpha value is -2.51. The number of carbonyl (C=O) groups is 1. The smallest absolute Gasteiger partial charge is 0.225 e. The third-order valence-electron chi connectivity index (χ3n) is 7.42. The number of rotatable bonds is 5. The number of nitrogens with zero attached hydrogens (tertiary/aromatic N) is 5. The number of hydrogen-bond acceptors (Lipinski definition) is 6. The number of anilines is 2. The Morgan fingerprint density at radius 2 is 1.85 bits per heavy atom. The second-order valence-corrected chi connectivity index (χ2v) is 9.75. The molecule has 0 N–H and O–H groups in total. The highest BCUT2D eigenvalue weighted by atomic mass is 16.5. The van der Waals surface area contributed by atoms with Crippen LogP contribution in [0.4, 0.5) is 11.6 Å². The third-order valence-corrected chi connectivity index (χ3v) is 7.42. The van der Waals surface area contributed by atoms with E-state index < -0.39 is 0 Å². The highest BCUT2D eigenvalue weighted by Gasteiger charge is 2.45. The molecule has 0 saturated carbocycles. The summed E-state index contributed by atoms with van der Waals surface area (Å²) in [5, 5.41) is 0. The van der Waals surface area contributed by atoms with Crippen LogP contribution in [0.25, 0.3) is 0 Å². The Morgan fingerprint density at radius 3 is 2.58 bits per heavy atom. The Balaban J connectivity index is 1.18. The van der Waals surface area contributed by atoms with Gasteiger partial charge in [0.2, 0.25) is 11.9 Å². The molecule has 1 spiro atoms. The fourth-order valence-corrected chi connectivity index (χ4v) is 5.64. The number of aromatic nitrogens is 2. The van der Waals surface area contributed by atoms with Crippen molar-refractivity contribution in [2.45, 2.75) is 63.6 Å². The van der Waals surface area contributed by atoms with Crippen molar-refractivity contribution in [1.82, 2.24) is 14.9 Å². The minimum atomic E-state index is -0.117. The monoisotopic (exact) mass is 449 g/mol. The van der Waals surface area contributed by atoms with Gasteiger partial charge in [0, 0.05) is 51.5 Å². The van der Waals surface area contributed by atoms with Crippen LogP contribution in [0.5, 0.6) is 0 Å². The molecule has 1 aromatic carbocycles. The molecule has 5 rings (SSSR count). The molecule has 2 aromatic rings. The molecule has 3 aliphatic heterocycles. The maximum atomic E-state index is 12.4. The molecule has 176 valence electrons. The molecular weight excluding hydrogens is 414 g/mol. The number of benzene rings is 1. The summed E-state index contributed by atoms with van der Waals surface area (Å²) in [4.78, 5) is 28.5. The fraction of sp³-hybridized carbons (Fsp3) is 0.577. The van der Waals surface area contributed by atoms with Gasteiger partial charge in [0.25, 0.3) is 0 Å². The zero-order valence-corrected chi connectivity index (χ0v) is 19.7. The largest absolute Gasteiger partial charge is 0.373 e. The van der Waals surface area contributed by atoms with E-state index in [4.69, 9.17) is 9.72 Å². The molecule has 0 radical (unpaired) electrons. The van der Waals surface area contributed by atoms with Crippen LogP contribution in [0.1, 0.15) is 51.1 Å². The molecule has 1 amide bonds. The molecule has 3 aliphatic rings. The van der Waals surface area contributed by atoms with Crippen molar-refractivity contribution >= 4 is 17.5 Å². The summed E-state index contributed by atoms with van der Waals surface area (Å²) in [5.74, 6) is 0.963. The first kappa shape index (κ1) is 22.3. The van der Waals surface area contributed by atoms with Crippen LogP contribution >= 0.6 is 0 Å². The minimum absolute atomic E-state index is 0.0811. The molecule has 1 atom stereocenters. The van der Waals surface area contributed by atoms with Gasteiger partial charge in [0.05, 0.1) is 23.9 Å². The van der Waals surface area contributed by atoms with Gasteiger partial charge in [-0.25, -0.2) is 9.97 Å². The molecule has 7 nitrogen and oxygen atoms in total. The molecule has 0 bridgehead atoms. The molecule has 33 heavy (non-hydrogen) atoms. The van der Waals surface area contributed by atoms with Crippen LogP contribution in [-0.2, 0) is 16.1 Å². The Morgan fingerprint density at radius 1 is 1.09 bits per heavy atom. The lowest BCUT2D eigenvalue weighted by Crippen LogP contribution is -2.45. The molecule has 7 heteroatoms. The van der Waals surface area contributed by atoms with Crippen molar-refractivity contribution in [3.63, 3.8) is 0 Å². The van der Waals surface area contributed by atoms with Crippen molar-refractivity contribution in [3.05, 3.63) is 48.3 Å². The van der Waals surface area contributed by atoms with Gasteiger partial charge >= 0.3 is 0 Å². The maximum Gasteiger partial charge on any atom is 0.225 e. The molecule has 3 saturated heterocycles. The number of hydrogen-bond donors (Lipinski definition) is 0. The van der Waals surface area contributed by atoms with E-state index in [1.54, 1.807) is 6.92 Å². The summed E-state index contributed by atoms with van der Waals surface area (Å²) in [6.07, 6.45) is 8.57. The van der Waals surface area contributed by atoms with Crippen molar-refractivity contribution in [2.24, 2.45) is 0 Å². The van der Waals surface area contributed by atoms with Crippen LogP contribution in [-0.4, -0.2) is 65.2 Å². The predicted octanol–water partition coefficient (Wildman–Crippen LogP) is 3.64. The van der Waals surface area contributed by atoms with E-state index in [0.29, 0.717) is 6.61 Å². The van der Waals surface area contributed by atoms with E-state index in [1.165, 1.54) is 19.3 Å². The molecule has 4 heterocycles. The zero-order chi connectivity index (χ0) is 22.7. The zero-order valence-electron chi connectivity index (χ0n) is 19.7. The SMILES string of the molecule is CC(=O)N(c1ccccc1)[C@H]1COC2(CCN(Cc3ccnc(N4CCCCC4)n3)CC2)C1. The van der Waals surface area contributed by atoms with Gasteiger partial charge < -0.3 is 14.5 Å². The number of carbonyl (C=O) groups excluding carboxylic acids is 1. The Kier molecular flexibility index (Phi) is 6.60. The van der Waals surface area contributed by atoms with Crippen molar-refractivity contribution in [1.29, 1.82) is 0 Å². The molecule has 0 aliphatic carbocycles. The van der Waals surface area contributed by atoms with Gasteiger partial charge in [-0.3, -0.25) is 9.69 Å². The van der Waals surface area contributed by atoms with Gasteiger partial charge in [-0.2, -0.15) is 0 Å². The second kappa shape index (κ2) is 9.77. The van der Waals surface area contributed by atoms with E-state index >= 15 is 0 Å². The lowest BCUT2D eigenvalue weighted by Gasteiger charge is -2.39. The van der Waals surface area contributed by atoms with Crippen molar-refractivity contribution in [3.8, 4) is 0 Å². The Labute approximate surface area is 196 Å². The Bertz CT molecular complexity index is 939. The summed E-state index contributed by atoms with van der Waals surface area (Å²) < 4.78 is 6.39. The minimum Gasteiger partial charge on any atom is -0.373 e. The first-order chi connectivity index (χ1) is 16.1. The predicted molar refractivity (Wildman–Crippen MR) is 129 cm³/mol. The maximum absolute atomic E-state index is 12.4. The van der Waals surface area contributed by atoms with Crippen molar-refractivity contribution in [2.75, 3.05) is 42.6 Å². The summed E-state index contributed by atoms with van der Waals surface area (Å²) in [7, 11) is 0. The number of para-hydroxylation sites is 1. The van der Waals surface area contributed by atoms with Gasteiger partial charge in [0.15, 0.2) is 0 Å². The quantitative estimate of drug-likeness (QED) is 0.695. The highest BCUT2D eigenvalue weighted by molar-refractivity contribution is 5.92. The van der Waals surface area contributed by atoms with Crippen LogP contribution in [0.15, 0.2) is 42.6 Å². The van der Waals surface area contributed by atoms with Crippen LogP contribution in [0, 0.1) is 0 Å². The van der Waals surface area contributed by atoms with Gasteiger partial charge in [0.1, 0.15) is 0 Å². The van der Waals surface area contributed by atoms with E-state index in [-0.39, 0.29) is 17.6 Å². The van der Waals surface area contributed by atoms with Crippen LogP contribution in [0.2, 0.25) is 0 Å². The van der Waals surface area contributed by atoms with E-state index in [9.17, 15) is 4.79 Å². The summed E-state index contributed by atoms with van der Waals surface area (Å²) in [6, 6.07) is 12.1. The fourth-order valence-electron chi connectivity index (χ4n) is 5.64. The van der Waals surface area contributed by atoms with Gasteiger partial charge in [-0.1, -0.05) is 18.2 Å².